The summed E-state index contributed by atoms with van der Waals surface area (Å²) >= 11 is 0. The second-order valence-corrected chi connectivity index (χ2v) is 4.86. The van der Waals surface area contributed by atoms with Crippen molar-refractivity contribution < 1.29 is 9.53 Å². The molecule has 0 radical (unpaired) electrons. The van der Waals surface area contributed by atoms with Crippen LogP contribution in [0.3, 0.4) is 0 Å². The normalized spacial score (nSPS) is 23.0. The number of rotatable bonds is 1. The molecule has 0 aromatic carbocycles. The zero-order valence-corrected chi connectivity index (χ0v) is 9.75. The Morgan fingerprint density at radius 1 is 1.53 bits per heavy atom. The molecule has 1 atom stereocenters. The smallest absolute Gasteiger partial charge is 0.433 e. The number of hydrogen-bond acceptors (Lipinski definition) is 3. The van der Waals surface area contributed by atoms with E-state index in [2.05, 4.69) is 10.3 Å². The third-order valence-electron chi connectivity index (χ3n) is 2.12. The quantitative estimate of drug-likeness (QED) is 0.676. The minimum Gasteiger partial charge on any atom is -0.442 e. The number of nitrogens with zero attached hydrogens (tertiary/aromatic N) is 1. The highest BCUT2D eigenvalue weighted by Crippen LogP contribution is 2.10. The average molecular weight is 212 g/mol. The van der Waals surface area contributed by atoms with Crippen LogP contribution >= 0.6 is 0 Å². The predicted molar refractivity (Wildman–Crippen MR) is 60.3 cm³/mol. The van der Waals surface area contributed by atoms with E-state index >= 15 is 0 Å². The van der Waals surface area contributed by atoms with Crippen molar-refractivity contribution in [3.63, 3.8) is 0 Å². The van der Waals surface area contributed by atoms with Gasteiger partial charge < -0.3 is 10.1 Å². The van der Waals surface area contributed by atoms with Gasteiger partial charge in [-0.2, -0.15) is 4.99 Å². The molecular formula is C11H20N2O2. The van der Waals surface area contributed by atoms with Gasteiger partial charge in [0.2, 0.25) is 0 Å². The first-order valence-corrected chi connectivity index (χ1v) is 5.45. The Bertz CT molecular complexity index is 237. The van der Waals surface area contributed by atoms with Gasteiger partial charge in [0.1, 0.15) is 5.60 Å². The van der Waals surface area contributed by atoms with Crippen molar-refractivity contribution in [3.8, 4) is 0 Å². The lowest BCUT2D eigenvalue weighted by Crippen LogP contribution is -2.30. The maximum absolute atomic E-state index is 11.3. The van der Waals surface area contributed by atoms with E-state index in [1.807, 2.05) is 20.8 Å². The molecule has 1 fully saturated rings. The summed E-state index contributed by atoms with van der Waals surface area (Å²) in [5.74, 6) is 0.367. The van der Waals surface area contributed by atoms with E-state index in [9.17, 15) is 4.79 Å². The number of carbonyl (C=O) groups is 1. The average Bonchev–Trinajstić information content (AvgIpc) is 2.14. The molecule has 0 saturated carbocycles. The summed E-state index contributed by atoms with van der Waals surface area (Å²) in [5.41, 5.74) is -0.459. The Morgan fingerprint density at radius 2 is 2.27 bits per heavy atom. The molecule has 1 N–H and O–H groups in total. The van der Waals surface area contributed by atoms with E-state index in [1.54, 1.807) is 6.21 Å². The highest BCUT2D eigenvalue weighted by atomic mass is 16.6. The Balaban J connectivity index is 2.33. The van der Waals surface area contributed by atoms with Crippen molar-refractivity contribution in [2.45, 2.75) is 39.2 Å². The molecule has 4 nitrogen and oxygen atoms in total. The number of piperidine rings is 1. The van der Waals surface area contributed by atoms with Gasteiger partial charge in [0.15, 0.2) is 0 Å². The first-order valence-electron chi connectivity index (χ1n) is 5.45. The van der Waals surface area contributed by atoms with E-state index < -0.39 is 11.7 Å². The summed E-state index contributed by atoms with van der Waals surface area (Å²) < 4.78 is 5.07. The number of nitrogens with one attached hydrogen (secondary N) is 1. The topological polar surface area (TPSA) is 50.7 Å². The van der Waals surface area contributed by atoms with Crippen molar-refractivity contribution in [2.75, 3.05) is 13.1 Å². The molecule has 0 aliphatic carbocycles. The van der Waals surface area contributed by atoms with Crippen LogP contribution in [0.5, 0.6) is 0 Å². The molecule has 0 aromatic rings. The van der Waals surface area contributed by atoms with E-state index in [4.69, 9.17) is 4.74 Å². The van der Waals surface area contributed by atoms with Crippen molar-refractivity contribution in [3.05, 3.63) is 0 Å². The predicted octanol–water partition coefficient (Wildman–Crippen LogP) is 1.99. The van der Waals surface area contributed by atoms with Gasteiger partial charge >= 0.3 is 6.09 Å². The summed E-state index contributed by atoms with van der Waals surface area (Å²) in [4.78, 5) is 15.1. The third-order valence-corrected chi connectivity index (χ3v) is 2.12. The van der Waals surface area contributed by atoms with Crippen LogP contribution in [0.25, 0.3) is 0 Å². The van der Waals surface area contributed by atoms with Crippen molar-refractivity contribution in [1.82, 2.24) is 5.32 Å². The second kappa shape index (κ2) is 5.26. The lowest BCUT2D eigenvalue weighted by atomic mass is 10.0. The van der Waals surface area contributed by atoms with Crippen LogP contribution in [-0.4, -0.2) is 31.0 Å². The van der Waals surface area contributed by atoms with Crippen molar-refractivity contribution in [2.24, 2.45) is 10.9 Å². The highest BCUT2D eigenvalue weighted by molar-refractivity contribution is 5.80. The molecule has 0 bridgehead atoms. The maximum Gasteiger partial charge on any atom is 0.433 e. The minimum atomic E-state index is -0.493. The van der Waals surface area contributed by atoms with Gasteiger partial charge in [-0.15, -0.1) is 0 Å². The van der Waals surface area contributed by atoms with Gasteiger partial charge in [-0.1, -0.05) is 0 Å². The van der Waals surface area contributed by atoms with Crippen LogP contribution in [0.1, 0.15) is 33.6 Å². The molecule has 1 amide bonds. The molecule has 0 aromatic heterocycles. The summed E-state index contributed by atoms with van der Waals surface area (Å²) in [7, 11) is 0. The minimum absolute atomic E-state index is 0.367. The molecule has 0 spiro atoms. The fourth-order valence-corrected chi connectivity index (χ4v) is 1.46. The third kappa shape index (κ3) is 5.52. The van der Waals surface area contributed by atoms with Gasteiger partial charge in [-0.25, -0.2) is 4.79 Å². The molecule has 1 aliphatic heterocycles. The SMILES string of the molecule is CC(C)(C)OC(=O)N=CC1CCCNC1. The maximum atomic E-state index is 11.3. The zero-order chi connectivity index (χ0) is 11.3. The number of amides is 1. The summed E-state index contributed by atoms with van der Waals surface area (Å²) in [5, 5.41) is 3.26. The van der Waals surface area contributed by atoms with Crippen LogP contribution in [0.2, 0.25) is 0 Å². The van der Waals surface area contributed by atoms with Gasteiger partial charge in [0, 0.05) is 18.7 Å². The summed E-state index contributed by atoms with van der Waals surface area (Å²) in [6.07, 6.45) is 3.46. The van der Waals surface area contributed by atoms with Crippen LogP contribution in [0.15, 0.2) is 4.99 Å². The first kappa shape index (κ1) is 12.2. The lowest BCUT2D eigenvalue weighted by Gasteiger charge is -2.19. The monoisotopic (exact) mass is 212 g/mol. The Labute approximate surface area is 91.1 Å². The molecule has 86 valence electrons. The number of ether oxygens (including phenoxy) is 1. The highest BCUT2D eigenvalue weighted by Gasteiger charge is 2.16. The fourth-order valence-electron chi connectivity index (χ4n) is 1.46. The van der Waals surface area contributed by atoms with Gasteiger partial charge in [-0.3, -0.25) is 0 Å². The van der Waals surface area contributed by atoms with Gasteiger partial charge in [0.25, 0.3) is 0 Å². The van der Waals surface area contributed by atoms with Crippen molar-refractivity contribution >= 4 is 12.3 Å². The molecule has 1 rings (SSSR count). The molecule has 1 saturated heterocycles. The molecule has 1 aliphatic rings. The van der Waals surface area contributed by atoms with Crippen molar-refractivity contribution in [1.29, 1.82) is 0 Å². The number of aliphatic imine (C=N–C) groups is 1. The van der Waals surface area contributed by atoms with E-state index in [0.29, 0.717) is 5.92 Å². The lowest BCUT2D eigenvalue weighted by molar-refractivity contribution is 0.0604. The summed E-state index contributed by atoms with van der Waals surface area (Å²) in [6.45, 7) is 7.48. The Hall–Kier alpha value is -0.900. The molecule has 4 heteroatoms. The molecule has 1 unspecified atom stereocenters. The number of hydrogen-bond donors (Lipinski definition) is 1. The standard InChI is InChI=1S/C11H20N2O2/c1-11(2,3)15-10(14)13-8-9-5-4-6-12-7-9/h8-9,12H,4-7H2,1-3H3. The van der Waals surface area contributed by atoms with E-state index in [-0.39, 0.29) is 0 Å². The van der Waals surface area contributed by atoms with Crippen LogP contribution in [0.4, 0.5) is 4.79 Å². The number of carbonyl (C=O) groups excluding carboxylic acids is 1. The largest absolute Gasteiger partial charge is 0.442 e. The zero-order valence-electron chi connectivity index (χ0n) is 9.75. The molecule has 15 heavy (non-hydrogen) atoms. The van der Waals surface area contributed by atoms with Gasteiger partial charge in [-0.05, 0) is 40.2 Å². The van der Waals surface area contributed by atoms with E-state index in [0.717, 1.165) is 25.9 Å². The van der Waals surface area contributed by atoms with Crippen LogP contribution in [0, 0.1) is 5.92 Å². The Morgan fingerprint density at radius 3 is 2.80 bits per heavy atom. The fraction of sp³-hybridized carbons (Fsp3) is 0.818. The summed E-state index contributed by atoms with van der Waals surface area (Å²) in [6, 6.07) is 0. The van der Waals surface area contributed by atoms with E-state index in [1.165, 1.54) is 0 Å². The van der Waals surface area contributed by atoms with Gasteiger partial charge in [0.05, 0.1) is 0 Å². The second-order valence-electron chi connectivity index (χ2n) is 4.86. The van der Waals surface area contributed by atoms with Crippen LogP contribution < -0.4 is 5.32 Å². The first-order chi connectivity index (χ1) is 6.97. The van der Waals surface area contributed by atoms with Crippen LogP contribution in [-0.2, 0) is 4.74 Å². The molecule has 1 heterocycles. The Kier molecular flexibility index (Phi) is 4.27. The molecular weight excluding hydrogens is 192 g/mol.